The number of hydrazone groups is 1. The average Bonchev–Trinajstić information content (AvgIpc) is 3.12. The van der Waals surface area contributed by atoms with Gasteiger partial charge in [0, 0.05) is 17.0 Å². The smallest absolute Gasteiger partial charge is 0.255 e. The van der Waals surface area contributed by atoms with Crippen LogP contribution in [0.5, 0.6) is 0 Å². The van der Waals surface area contributed by atoms with Gasteiger partial charge in [0.15, 0.2) is 0 Å². The van der Waals surface area contributed by atoms with Crippen LogP contribution in [0.25, 0.3) is 10.2 Å². The first-order valence-electron chi connectivity index (χ1n) is 9.91. The van der Waals surface area contributed by atoms with Crippen LogP contribution in [0.4, 0.5) is 10.8 Å². The molecular weight excluding hydrogens is 380 g/mol. The first kappa shape index (κ1) is 21.0. The fraction of sp³-hybridized carbons (Fsp3) is 0.348. The van der Waals surface area contributed by atoms with E-state index in [9.17, 15) is 4.79 Å². The van der Waals surface area contributed by atoms with Crippen molar-refractivity contribution in [1.82, 2.24) is 4.98 Å². The van der Waals surface area contributed by atoms with Gasteiger partial charge in [0.25, 0.3) is 5.91 Å². The summed E-state index contributed by atoms with van der Waals surface area (Å²) in [6, 6.07) is 9.82. The van der Waals surface area contributed by atoms with Gasteiger partial charge in [0.05, 0.1) is 10.2 Å². The zero-order valence-corrected chi connectivity index (χ0v) is 18.7. The number of carbonyl (C=O) groups excluding carboxylic acids is 1. The second-order valence-corrected chi connectivity index (χ2v) is 8.60. The van der Waals surface area contributed by atoms with Crippen LogP contribution in [0, 0.1) is 13.8 Å². The van der Waals surface area contributed by atoms with E-state index in [0.717, 1.165) is 44.3 Å². The Morgan fingerprint density at radius 1 is 1.21 bits per heavy atom. The lowest BCUT2D eigenvalue weighted by Crippen LogP contribution is -2.14. The number of nitrogens with zero attached hydrogens (tertiary/aromatic N) is 2. The van der Waals surface area contributed by atoms with Crippen molar-refractivity contribution < 1.29 is 4.79 Å². The highest BCUT2D eigenvalue weighted by molar-refractivity contribution is 7.22. The van der Waals surface area contributed by atoms with Crippen LogP contribution in [0.2, 0.25) is 0 Å². The first-order chi connectivity index (χ1) is 13.8. The zero-order chi connectivity index (χ0) is 21.1. The zero-order valence-electron chi connectivity index (χ0n) is 17.9. The lowest BCUT2D eigenvalue weighted by atomic mass is 10.0. The molecule has 3 aromatic rings. The largest absolute Gasteiger partial charge is 0.321 e. The molecule has 2 N–H and O–H groups in total. The summed E-state index contributed by atoms with van der Waals surface area (Å²) in [4.78, 5) is 17.4. The van der Waals surface area contributed by atoms with E-state index in [1.807, 2.05) is 51.1 Å². The fourth-order valence-electron chi connectivity index (χ4n) is 3.05. The Bertz CT molecular complexity index is 1060. The van der Waals surface area contributed by atoms with Crippen LogP contribution in [-0.2, 0) is 0 Å². The molecule has 0 spiro atoms. The molecule has 0 atom stereocenters. The molecule has 29 heavy (non-hydrogen) atoms. The lowest BCUT2D eigenvalue weighted by Gasteiger charge is -2.13. The molecule has 1 heterocycles. The number of rotatable bonds is 6. The highest BCUT2D eigenvalue weighted by Gasteiger charge is 2.15. The lowest BCUT2D eigenvalue weighted by molar-refractivity contribution is 0.102. The highest BCUT2D eigenvalue weighted by Crippen LogP contribution is 2.35. The van der Waals surface area contributed by atoms with Crippen molar-refractivity contribution in [3.8, 4) is 0 Å². The molecule has 1 aromatic heterocycles. The second kappa shape index (κ2) is 8.74. The quantitative estimate of drug-likeness (QED) is 0.362. The minimum absolute atomic E-state index is 0.100. The topological polar surface area (TPSA) is 66.4 Å². The van der Waals surface area contributed by atoms with Crippen LogP contribution in [0.15, 0.2) is 35.4 Å². The molecule has 0 fully saturated rings. The molecule has 0 saturated carbocycles. The molecule has 0 radical (unpaired) electrons. The van der Waals surface area contributed by atoms with E-state index in [1.165, 1.54) is 5.56 Å². The molecule has 0 aliphatic carbocycles. The Hall–Kier alpha value is -2.73. The average molecular weight is 409 g/mol. The third kappa shape index (κ3) is 4.65. The number of aromatic nitrogens is 1. The Morgan fingerprint density at radius 2 is 1.90 bits per heavy atom. The molecule has 1 amide bonds. The van der Waals surface area contributed by atoms with E-state index in [0.29, 0.717) is 11.5 Å². The number of aryl methyl sites for hydroxylation is 2. The highest BCUT2D eigenvalue weighted by atomic mass is 32.1. The number of thiazole rings is 1. The minimum atomic E-state index is -0.100. The van der Waals surface area contributed by atoms with Crippen molar-refractivity contribution in [2.45, 2.75) is 53.9 Å². The molecule has 152 valence electrons. The third-order valence-electron chi connectivity index (χ3n) is 5.05. The van der Waals surface area contributed by atoms with E-state index >= 15 is 0 Å². The number of carbonyl (C=O) groups is 1. The molecule has 3 rings (SSSR count). The van der Waals surface area contributed by atoms with Gasteiger partial charge in [0.2, 0.25) is 5.13 Å². The number of amides is 1. The van der Waals surface area contributed by atoms with Crippen molar-refractivity contribution in [3.63, 3.8) is 0 Å². The van der Waals surface area contributed by atoms with Crippen molar-refractivity contribution in [2.75, 3.05) is 10.7 Å². The number of hydrogen-bond donors (Lipinski definition) is 2. The van der Waals surface area contributed by atoms with E-state index in [4.69, 9.17) is 0 Å². The van der Waals surface area contributed by atoms with Gasteiger partial charge < -0.3 is 5.32 Å². The molecule has 0 unspecified atom stereocenters. The maximum Gasteiger partial charge on any atom is 0.255 e. The summed E-state index contributed by atoms with van der Waals surface area (Å²) >= 11 is 1.55. The van der Waals surface area contributed by atoms with Crippen molar-refractivity contribution >= 4 is 44.0 Å². The summed E-state index contributed by atoms with van der Waals surface area (Å²) < 4.78 is 1.05. The van der Waals surface area contributed by atoms with Crippen LogP contribution in [0.1, 0.15) is 67.1 Å². The number of fused-ring (bicyclic) bond motifs is 1. The molecule has 2 aromatic carbocycles. The molecule has 0 bridgehead atoms. The predicted molar refractivity (Wildman–Crippen MR) is 125 cm³/mol. The van der Waals surface area contributed by atoms with Gasteiger partial charge in [0.1, 0.15) is 0 Å². The maximum atomic E-state index is 12.8. The first-order valence-corrected chi connectivity index (χ1v) is 10.7. The predicted octanol–water partition coefficient (Wildman–Crippen LogP) is 6.49. The number of nitrogens with one attached hydrogen (secondary N) is 2. The van der Waals surface area contributed by atoms with Gasteiger partial charge >= 0.3 is 0 Å². The molecule has 0 aliphatic rings. The van der Waals surface area contributed by atoms with Crippen LogP contribution < -0.4 is 10.7 Å². The number of benzene rings is 2. The van der Waals surface area contributed by atoms with Gasteiger partial charge in [-0.05, 0) is 68.0 Å². The van der Waals surface area contributed by atoms with Gasteiger partial charge in [-0.15, -0.1) is 0 Å². The minimum Gasteiger partial charge on any atom is -0.321 e. The normalized spacial score (nSPS) is 11.9. The van der Waals surface area contributed by atoms with Gasteiger partial charge in [-0.2, -0.15) is 5.10 Å². The Kier molecular flexibility index (Phi) is 6.33. The number of hydrogen-bond acceptors (Lipinski definition) is 5. The standard InChI is InChI=1S/C23H28N4OS/c1-7-15(5)26-27-23-24-19-12-14(4)20(16(6)21(19)29-23)25-22(28)18-10-8-17(9-11-18)13(2)3/h8-13H,7H2,1-6H3,(H,24,27)(H,25,28)/b26-15-. The van der Waals surface area contributed by atoms with Gasteiger partial charge in [-0.25, -0.2) is 4.98 Å². The Balaban J connectivity index is 1.88. The van der Waals surface area contributed by atoms with Crippen LogP contribution >= 0.6 is 11.3 Å². The Morgan fingerprint density at radius 3 is 2.52 bits per heavy atom. The van der Waals surface area contributed by atoms with E-state index in [-0.39, 0.29) is 5.91 Å². The molecule has 5 nitrogen and oxygen atoms in total. The summed E-state index contributed by atoms with van der Waals surface area (Å²) in [5, 5.41) is 8.18. The van der Waals surface area contributed by atoms with E-state index in [2.05, 4.69) is 41.6 Å². The van der Waals surface area contributed by atoms with Gasteiger partial charge in [-0.1, -0.05) is 44.2 Å². The molecule has 0 aliphatic heterocycles. The maximum absolute atomic E-state index is 12.8. The molecular formula is C23H28N4OS. The van der Waals surface area contributed by atoms with Crippen molar-refractivity contribution in [2.24, 2.45) is 5.10 Å². The third-order valence-corrected chi connectivity index (χ3v) is 6.14. The number of anilines is 2. The second-order valence-electron chi connectivity index (χ2n) is 7.60. The summed E-state index contributed by atoms with van der Waals surface area (Å²) in [7, 11) is 0. The van der Waals surface area contributed by atoms with Gasteiger partial charge in [-0.3, -0.25) is 10.2 Å². The molecule has 6 heteroatoms. The van der Waals surface area contributed by atoms with Crippen molar-refractivity contribution in [3.05, 3.63) is 52.6 Å². The summed E-state index contributed by atoms with van der Waals surface area (Å²) in [5.74, 6) is 0.343. The summed E-state index contributed by atoms with van der Waals surface area (Å²) in [6.07, 6.45) is 0.893. The summed E-state index contributed by atoms with van der Waals surface area (Å²) in [6.45, 7) is 12.4. The van der Waals surface area contributed by atoms with E-state index in [1.54, 1.807) is 11.3 Å². The fourth-order valence-corrected chi connectivity index (χ4v) is 3.95. The Labute approximate surface area is 176 Å². The van der Waals surface area contributed by atoms with E-state index < -0.39 is 0 Å². The van der Waals surface area contributed by atoms with Crippen LogP contribution in [-0.4, -0.2) is 16.6 Å². The monoisotopic (exact) mass is 408 g/mol. The molecule has 0 saturated heterocycles. The SMILES string of the molecule is CC/C(C)=N\Nc1nc2cc(C)c(NC(=O)c3ccc(C(C)C)cc3)c(C)c2s1. The van der Waals surface area contributed by atoms with Crippen molar-refractivity contribution in [1.29, 1.82) is 0 Å². The summed E-state index contributed by atoms with van der Waals surface area (Å²) in [5.41, 5.74) is 9.72. The van der Waals surface area contributed by atoms with Crippen LogP contribution in [0.3, 0.4) is 0 Å².